The highest BCUT2D eigenvalue weighted by Crippen LogP contribution is 2.52. The van der Waals surface area contributed by atoms with Crippen molar-refractivity contribution in [1.29, 1.82) is 0 Å². The molecule has 11 rings (SSSR count). The molecule has 0 aliphatic carbocycles. The number of nitrogens with zero attached hydrogens (tertiary/aromatic N) is 5. The Labute approximate surface area is 282 Å². The number of fused-ring (bicyclic) bond motifs is 8. The Hall–Kier alpha value is -6.46. The van der Waals surface area contributed by atoms with Gasteiger partial charge in [-0.15, -0.1) is 0 Å². The van der Waals surface area contributed by atoms with Crippen LogP contribution in [-0.4, -0.2) is 20.3 Å². The van der Waals surface area contributed by atoms with Crippen LogP contribution >= 0.6 is 0 Å². The lowest BCUT2D eigenvalue weighted by molar-refractivity contribution is 0.563. The van der Waals surface area contributed by atoms with Crippen LogP contribution in [0, 0.1) is 0 Å². The van der Waals surface area contributed by atoms with E-state index in [1.54, 1.807) is 0 Å². The predicted molar refractivity (Wildman–Crippen MR) is 204 cm³/mol. The Bertz CT molecular complexity index is 2810. The minimum atomic E-state index is 0.00170. The Kier molecular flexibility index (Phi) is 5.44. The van der Waals surface area contributed by atoms with E-state index in [9.17, 15) is 0 Å². The number of dihydropyridines is 1. The van der Waals surface area contributed by atoms with Gasteiger partial charge in [-0.05, 0) is 65.6 Å². The molecular weight excluding hydrogens is 599 g/mol. The number of hydrogen-bond donors (Lipinski definition) is 0. The fourth-order valence-electron chi connectivity index (χ4n) is 8.35. The van der Waals surface area contributed by atoms with E-state index in [0.717, 1.165) is 29.3 Å². The second-order valence-corrected chi connectivity index (χ2v) is 13.0. The van der Waals surface area contributed by atoms with Crippen molar-refractivity contribution < 1.29 is 0 Å². The average molecular weight is 628 g/mol. The maximum Gasteiger partial charge on any atom is 0.137 e. The molecule has 3 aromatic heterocycles. The highest BCUT2D eigenvalue weighted by atomic mass is 15.2. The summed E-state index contributed by atoms with van der Waals surface area (Å²) in [7, 11) is 0. The first-order valence-corrected chi connectivity index (χ1v) is 16.9. The third kappa shape index (κ3) is 3.70. The van der Waals surface area contributed by atoms with Crippen LogP contribution in [0.1, 0.15) is 12.6 Å². The fourth-order valence-corrected chi connectivity index (χ4v) is 8.35. The van der Waals surface area contributed by atoms with E-state index in [4.69, 9.17) is 9.98 Å². The lowest BCUT2D eigenvalue weighted by atomic mass is 9.90. The van der Waals surface area contributed by atoms with E-state index in [1.165, 1.54) is 65.5 Å². The summed E-state index contributed by atoms with van der Waals surface area (Å²) in [6.07, 6.45) is 9.07. The number of aliphatic imine (C=N–C) groups is 1. The molecule has 6 aromatic carbocycles. The van der Waals surface area contributed by atoms with Gasteiger partial charge >= 0.3 is 0 Å². The fraction of sp³-hybridized carbons (Fsp3) is 0.0455. The van der Waals surface area contributed by atoms with Gasteiger partial charge in [-0.1, -0.05) is 91.0 Å². The molecule has 5 heteroatoms. The third-order valence-electron chi connectivity index (χ3n) is 10.4. The van der Waals surface area contributed by atoms with Crippen LogP contribution in [-0.2, 0) is 0 Å². The van der Waals surface area contributed by atoms with E-state index < -0.39 is 0 Å². The first-order valence-electron chi connectivity index (χ1n) is 16.9. The molecule has 0 N–H and O–H groups in total. The lowest BCUT2D eigenvalue weighted by Crippen LogP contribution is -2.17. The number of anilines is 3. The topological polar surface area (TPSA) is 38.4 Å². The van der Waals surface area contributed by atoms with E-state index >= 15 is 0 Å². The minimum absolute atomic E-state index is 0.00170. The number of benzene rings is 6. The normalized spacial score (nSPS) is 15.3. The van der Waals surface area contributed by atoms with E-state index in [2.05, 4.69) is 154 Å². The second kappa shape index (κ2) is 10.0. The number of aromatic nitrogens is 3. The molecule has 0 radical (unpaired) electrons. The Morgan fingerprint density at radius 3 is 2.00 bits per heavy atom. The zero-order chi connectivity index (χ0) is 32.1. The first kappa shape index (κ1) is 26.6. The molecule has 9 aromatic rings. The lowest BCUT2D eigenvalue weighted by Gasteiger charge is -2.33. The SMILES string of the molecule is C1=CCC(n2c3ccccc3c3cc4c(cc32)N(c2ccc(-n3c5ccccc5c5ccccc53)cn2)c2cccc3cccc-4c23)N=C1. The zero-order valence-electron chi connectivity index (χ0n) is 26.5. The Morgan fingerprint density at radius 1 is 0.571 bits per heavy atom. The molecule has 0 saturated carbocycles. The molecule has 0 bridgehead atoms. The van der Waals surface area contributed by atoms with Crippen molar-refractivity contribution in [3.05, 3.63) is 152 Å². The van der Waals surface area contributed by atoms with Gasteiger partial charge in [-0.25, -0.2) is 4.98 Å². The Morgan fingerprint density at radius 2 is 1.29 bits per heavy atom. The van der Waals surface area contributed by atoms with Gasteiger partial charge in [0.1, 0.15) is 12.0 Å². The van der Waals surface area contributed by atoms with Gasteiger partial charge in [0.25, 0.3) is 0 Å². The van der Waals surface area contributed by atoms with Crippen LogP contribution in [0.2, 0.25) is 0 Å². The highest BCUT2D eigenvalue weighted by molar-refractivity contribution is 6.18. The monoisotopic (exact) mass is 627 g/mol. The summed E-state index contributed by atoms with van der Waals surface area (Å²) in [5.41, 5.74) is 10.5. The quantitative estimate of drug-likeness (QED) is 0.195. The summed E-state index contributed by atoms with van der Waals surface area (Å²) >= 11 is 0. The highest BCUT2D eigenvalue weighted by Gasteiger charge is 2.29. The first-order chi connectivity index (χ1) is 24.3. The maximum absolute atomic E-state index is 5.23. The molecule has 5 heterocycles. The standard InChI is InChI=1S/C44H29N5/c1-4-17-36-30(13-1)31-14-2-5-18-37(31)47(36)29-22-23-43(46-27-29)49-39-20-10-12-28-11-9-16-33(44(28)39)35-25-34-32-15-3-6-19-38(32)48(40(34)26-41(35)49)42-21-7-8-24-45-42/h1-20,22-27,42H,21H2. The van der Waals surface area contributed by atoms with E-state index in [0.29, 0.717) is 0 Å². The number of pyridine rings is 1. The number of para-hydroxylation sites is 3. The van der Waals surface area contributed by atoms with Crippen molar-refractivity contribution in [1.82, 2.24) is 14.1 Å². The molecule has 2 aliphatic heterocycles. The number of rotatable bonds is 3. The minimum Gasteiger partial charge on any atom is -0.317 e. The van der Waals surface area contributed by atoms with Crippen molar-refractivity contribution in [3.63, 3.8) is 0 Å². The summed E-state index contributed by atoms with van der Waals surface area (Å²) in [5.74, 6) is 0.883. The number of hydrogen-bond acceptors (Lipinski definition) is 3. The zero-order valence-corrected chi connectivity index (χ0v) is 26.5. The van der Waals surface area contributed by atoms with Gasteiger partial charge in [0.2, 0.25) is 0 Å². The molecule has 5 nitrogen and oxygen atoms in total. The van der Waals surface area contributed by atoms with Crippen molar-refractivity contribution in [3.8, 4) is 16.8 Å². The van der Waals surface area contributed by atoms with Crippen molar-refractivity contribution in [2.24, 2.45) is 4.99 Å². The smallest absolute Gasteiger partial charge is 0.137 e. The molecule has 0 spiro atoms. The van der Waals surface area contributed by atoms with Crippen LogP contribution in [0.3, 0.4) is 0 Å². The van der Waals surface area contributed by atoms with Crippen LogP contribution in [0.25, 0.3) is 71.2 Å². The second-order valence-electron chi connectivity index (χ2n) is 13.0. The largest absolute Gasteiger partial charge is 0.317 e. The molecule has 2 aliphatic rings. The molecule has 1 unspecified atom stereocenters. The van der Waals surface area contributed by atoms with Gasteiger partial charge in [0.15, 0.2) is 0 Å². The van der Waals surface area contributed by atoms with Crippen LogP contribution < -0.4 is 4.90 Å². The maximum atomic E-state index is 5.23. The van der Waals surface area contributed by atoms with Crippen LogP contribution in [0.15, 0.2) is 157 Å². The van der Waals surface area contributed by atoms with Crippen LogP contribution in [0.4, 0.5) is 17.2 Å². The molecule has 230 valence electrons. The number of allylic oxidation sites excluding steroid dienone is 1. The molecule has 0 saturated heterocycles. The van der Waals surface area contributed by atoms with Crippen LogP contribution in [0.5, 0.6) is 0 Å². The van der Waals surface area contributed by atoms with Gasteiger partial charge in [0.05, 0.1) is 45.3 Å². The van der Waals surface area contributed by atoms with Gasteiger partial charge in [-0.2, -0.15) is 0 Å². The molecule has 0 fully saturated rings. The summed E-state index contributed by atoms with van der Waals surface area (Å²) in [5, 5.41) is 7.44. The molecular formula is C44H29N5. The predicted octanol–water partition coefficient (Wildman–Crippen LogP) is 11.4. The van der Waals surface area contributed by atoms with Gasteiger partial charge in [0, 0.05) is 45.1 Å². The van der Waals surface area contributed by atoms with Crippen molar-refractivity contribution in [2.75, 3.05) is 4.90 Å². The average Bonchev–Trinajstić information content (AvgIpc) is 3.67. The summed E-state index contributed by atoms with van der Waals surface area (Å²) < 4.78 is 4.74. The molecule has 49 heavy (non-hydrogen) atoms. The van der Waals surface area contributed by atoms with E-state index in [-0.39, 0.29) is 6.17 Å². The molecule has 1 atom stereocenters. The Balaban J connectivity index is 1.17. The van der Waals surface area contributed by atoms with Gasteiger partial charge < -0.3 is 9.13 Å². The van der Waals surface area contributed by atoms with Gasteiger partial charge in [-0.3, -0.25) is 9.89 Å². The van der Waals surface area contributed by atoms with Crippen molar-refractivity contribution >= 4 is 77.8 Å². The van der Waals surface area contributed by atoms with Crippen molar-refractivity contribution in [2.45, 2.75) is 12.6 Å². The summed E-state index contributed by atoms with van der Waals surface area (Å²) in [4.78, 5) is 12.5. The summed E-state index contributed by atoms with van der Waals surface area (Å²) in [6.45, 7) is 0. The third-order valence-corrected chi connectivity index (χ3v) is 10.4. The molecule has 0 amide bonds. The van der Waals surface area contributed by atoms with E-state index in [1.807, 2.05) is 18.5 Å². The summed E-state index contributed by atoms with van der Waals surface area (Å²) in [6, 6.07) is 48.4.